The van der Waals surface area contributed by atoms with Crippen molar-refractivity contribution in [2.75, 3.05) is 0 Å². The molecule has 84 valence electrons. The van der Waals surface area contributed by atoms with Crippen LogP contribution < -0.4 is 0 Å². The van der Waals surface area contributed by atoms with E-state index in [1.807, 2.05) is 24.3 Å². The molecule has 2 heterocycles. The molecule has 0 fully saturated rings. The minimum absolute atomic E-state index is 0.173. The van der Waals surface area contributed by atoms with Crippen LogP contribution in [0.3, 0.4) is 0 Å². The van der Waals surface area contributed by atoms with Gasteiger partial charge in [0.2, 0.25) is 0 Å². The van der Waals surface area contributed by atoms with E-state index in [0.29, 0.717) is 4.67 Å². The van der Waals surface area contributed by atoms with Gasteiger partial charge in [0.1, 0.15) is 5.76 Å². The van der Waals surface area contributed by atoms with Gasteiger partial charge in [-0.2, -0.15) is 0 Å². The van der Waals surface area contributed by atoms with Crippen LogP contribution in [0.4, 0.5) is 0 Å². The second-order valence-electron chi connectivity index (χ2n) is 3.61. The number of alkyl halides is 1. The molecule has 0 bridgehead atoms. The molecular formula is C12H11BrClNO. The van der Waals surface area contributed by atoms with Crippen molar-refractivity contribution >= 4 is 27.5 Å². The van der Waals surface area contributed by atoms with E-state index >= 15 is 0 Å². The van der Waals surface area contributed by atoms with Crippen LogP contribution >= 0.6 is 27.5 Å². The van der Waals surface area contributed by atoms with Crippen molar-refractivity contribution in [2.45, 2.75) is 18.2 Å². The van der Waals surface area contributed by atoms with E-state index in [1.165, 1.54) is 0 Å². The van der Waals surface area contributed by atoms with Crippen molar-refractivity contribution in [2.24, 2.45) is 0 Å². The van der Waals surface area contributed by atoms with Gasteiger partial charge in [-0.05, 0) is 45.8 Å². The summed E-state index contributed by atoms with van der Waals surface area (Å²) in [6.45, 7) is 2.07. The molecule has 0 aliphatic carbocycles. The molecule has 16 heavy (non-hydrogen) atoms. The Bertz CT molecular complexity index is 457. The molecule has 0 radical (unpaired) electrons. The van der Waals surface area contributed by atoms with Crippen molar-refractivity contribution in [1.29, 1.82) is 0 Å². The van der Waals surface area contributed by atoms with Crippen molar-refractivity contribution in [1.82, 2.24) is 4.98 Å². The minimum Gasteiger partial charge on any atom is -0.453 e. The van der Waals surface area contributed by atoms with Crippen LogP contribution in [-0.2, 0) is 0 Å². The molecule has 4 heteroatoms. The van der Waals surface area contributed by atoms with E-state index < -0.39 is 0 Å². The zero-order valence-corrected chi connectivity index (χ0v) is 11.1. The number of aromatic nitrogens is 1. The highest BCUT2D eigenvalue weighted by Crippen LogP contribution is 2.37. The summed E-state index contributed by atoms with van der Waals surface area (Å²) >= 11 is 9.64. The first-order valence-corrected chi connectivity index (χ1v) is 6.20. The molecule has 0 aromatic carbocycles. The monoisotopic (exact) mass is 299 g/mol. The highest BCUT2D eigenvalue weighted by molar-refractivity contribution is 9.10. The Hall–Kier alpha value is -0.800. The fraction of sp³-hybridized carbons (Fsp3) is 0.250. The normalized spacial score (nSPS) is 14.7. The fourth-order valence-corrected chi connectivity index (χ4v) is 2.14. The summed E-state index contributed by atoms with van der Waals surface area (Å²) in [5.41, 5.74) is 1.16. The lowest BCUT2D eigenvalue weighted by Crippen LogP contribution is -2.01. The molecule has 0 amide bonds. The lowest BCUT2D eigenvalue weighted by Gasteiger charge is -2.15. The van der Waals surface area contributed by atoms with E-state index in [0.717, 1.165) is 11.3 Å². The zero-order valence-electron chi connectivity index (χ0n) is 8.73. The van der Waals surface area contributed by atoms with Crippen molar-refractivity contribution in [3.8, 4) is 0 Å². The zero-order chi connectivity index (χ0) is 11.5. The van der Waals surface area contributed by atoms with E-state index in [1.54, 1.807) is 12.4 Å². The molecule has 0 saturated heterocycles. The van der Waals surface area contributed by atoms with Gasteiger partial charge in [-0.15, -0.1) is 11.6 Å². The SMILES string of the molecule is CC(c1ccncc1)C(Cl)c1ccc(Br)o1. The number of furan rings is 1. The van der Waals surface area contributed by atoms with Crippen LogP contribution in [0.25, 0.3) is 0 Å². The molecule has 2 atom stereocenters. The number of rotatable bonds is 3. The molecule has 2 unspecified atom stereocenters. The van der Waals surface area contributed by atoms with Crippen molar-refractivity contribution < 1.29 is 4.42 Å². The van der Waals surface area contributed by atoms with Gasteiger partial charge in [-0.1, -0.05) is 6.92 Å². The smallest absolute Gasteiger partial charge is 0.169 e. The number of nitrogens with zero attached hydrogens (tertiary/aromatic N) is 1. The molecule has 0 spiro atoms. The maximum atomic E-state index is 6.37. The third-order valence-electron chi connectivity index (χ3n) is 2.54. The van der Waals surface area contributed by atoms with Gasteiger partial charge in [-0.3, -0.25) is 4.98 Å². The van der Waals surface area contributed by atoms with E-state index in [4.69, 9.17) is 16.0 Å². The number of hydrogen-bond donors (Lipinski definition) is 0. The van der Waals surface area contributed by atoms with Crippen LogP contribution in [-0.4, -0.2) is 4.98 Å². The Morgan fingerprint density at radius 1 is 1.25 bits per heavy atom. The van der Waals surface area contributed by atoms with Gasteiger partial charge in [0.05, 0.1) is 5.38 Å². The molecule has 0 N–H and O–H groups in total. The molecular weight excluding hydrogens is 289 g/mol. The highest BCUT2D eigenvalue weighted by atomic mass is 79.9. The number of halogens is 2. The van der Waals surface area contributed by atoms with Crippen LogP contribution in [0.15, 0.2) is 45.7 Å². The maximum absolute atomic E-state index is 6.37. The Kier molecular flexibility index (Phi) is 3.66. The van der Waals surface area contributed by atoms with Gasteiger partial charge in [0, 0.05) is 18.3 Å². The number of hydrogen-bond acceptors (Lipinski definition) is 2. The van der Waals surface area contributed by atoms with Crippen LogP contribution in [0.2, 0.25) is 0 Å². The molecule has 0 aliphatic rings. The Balaban J connectivity index is 2.19. The second kappa shape index (κ2) is 5.02. The molecule has 2 aromatic heterocycles. The quantitative estimate of drug-likeness (QED) is 0.779. The summed E-state index contributed by atoms with van der Waals surface area (Å²) in [6, 6.07) is 7.68. The van der Waals surface area contributed by atoms with Gasteiger partial charge in [0.25, 0.3) is 0 Å². The lowest BCUT2D eigenvalue weighted by atomic mass is 9.97. The molecule has 2 rings (SSSR count). The summed E-state index contributed by atoms with van der Waals surface area (Å²) in [5.74, 6) is 0.959. The lowest BCUT2D eigenvalue weighted by molar-refractivity contribution is 0.466. The average Bonchev–Trinajstić information content (AvgIpc) is 2.75. The van der Waals surface area contributed by atoms with Crippen LogP contribution in [0.1, 0.15) is 29.5 Å². The maximum Gasteiger partial charge on any atom is 0.169 e. The van der Waals surface area contributed by atoms with Gasteiger partial charge >= 0.3 is 0 Å². The Morgan fingerprint density at radius 2 is 1.94 bits per heavy atom. The van der Waals surface area contributed by atoms with Gasteiger partial charge in [-0.25, -0.2) is 0 Å². The predicted octanol–water partition coefficient (Wildman–Crippen LogP) is 4.52. The van der Waals surface area contributed by atoms with Crippen molar-refractivity contribution in [3.05, 3.63) is 52.7 Å². The number of pyridine rings is 1. The van der Waals surface area contributed by atoms with Crippen molar-refractivity contribution in [3.63, 3.8) is 0 Å². The summed E-state index contributed by atoms with van der Waals surface area (Å²) in [5, 5.41) is -0.173. The van der Waals surface area contributed by atoms with Crippen LogP contribution in [0, 0.1) is 0 Å². The largest absolute Gasteiger partial charge is 0.453 e. The Labute approximate surface area is 108 Å². The first-order valence-electron chi connectivity index (χ1n) is 4.97. The summed E-state index contributed by atoms with van der Waals surface area (Å²) in [7, 11) is 0. The Morgan fingerprint density at radius 3 is 2.50 bits per heavy atom. The first kappa shape index (κ1) is 11.7. The minimum atomic E-state index is -0.173. The second-order valence-corrected chi connectivity index (χ2v) is 4.86. The molecule has 0 aliphatic heterocycles. The fourth-order valence-electron chi connectivity index (χ4n) is 1.56. The molecule has 2 aromatic rings. The first-order chi connectivity index (χ1) is 7.68. The highest BCUT2D eigenvalue weighted by Gasteiger charge is 2.21. The van der Waals surface area contributed by atoms with Gasteiger partial charge < -0.3 is 4.42 Å². The third kappa shape index (κ3) is 2.47. The topological polar surface area (TPSA) is 26.0 Å². The predicted molar refractivity (Wildman–Crippen MR) is 67.7 cm³/mol. The standard InChI is InChI=1S/C12H11BrClNO/c1-8(9-4-6-15-7-5-9)12(14)10-2-3-11(13)16-10/h2-8,12H,1H3. The van der Waals surface area contributed by atoms with E-state index in [2.05, 4.69) is 27.8 Å². The third-order valence-corrected chi connectivity index (χ3v) is 3.56. The molecule has 0 saturated carbocycles. The average molecular weight is 301 g/mol. The van der Waals surface area contributed by atoms with Gasteiger partial charge in [0.15, 0.2) is 4.67 Å². The van der Waals surface area contributed by atoms with E-state index in [-0.39, 0.29) is 11.3 Å². The molecule has 2 nitrogen and oxygen atoms in total. The summed E-state index contributed by atoms with van der Waals surface area (Å²) < 4.78 is 6.16. The van der Waals surface area contributed by atoms with Crippen LogP contribution in [0.5, 0.6) is 0 Å². The summed E-state index contributed by atoms with van der Waals surface area (Å²) in [6.07, 6.45) is 3.54. The summed E-state index contributed by atoms with van der Waals surface area (Å²) in [4.78, 5) is 3.99. The van der Waals surface area contributed by atoms with E-state index in [9.17, 15) is 0 Å².